The predicted octanol–water partition coefficient (Wildman–Crippen LogP) is 2.94. The molecular weight excluding hydrogens is 366 g/mol. The van der Waals surface area contributed by atoms with Gasteiger partial charge in [0.2, 0.25) is 0 Å². The van der Waals surface area contributed by atoms with Crippen LogP contribution in [0.4, 0.5) is 0 Å². The molecule has 1 N–H and O–H groups in total. The molecule has 1 aliphatic heterocycles. The predicted molar refractivity (Wildman–Crippen MR) is 119 cm³/mol. The highest BCUT2D eigenvalue weighted by atomic mass is 16.5. The second kappa shape index (κ2) is 14.5. The van der Waals surface area contributed by atoms with Crippen molar-refractivity contribution in [2.75, 3.05) is 47.4 Å². The maximum absolute atomic E-state index is 11.7. The summed E-state index contributed by atoms with van der Waals surface area (Å²) in [6, 6.07) is 0. The quantitative estimate of drug-likeness (QED) is 0.502. The Labute approximate surface area is 175 Å². The number of nitrogens with zero attached hydrogens (tertiary/aromatic N) is 2. The van der Waals surface area contributed by atoms with Gasteiger partial charge in [0.05, 0.1) is 13.7 Å². The van der Waals surface area contributed by atoms with Gasteiger partial charge in [0, 0.05) is 33.1 Å². The molecule has 2 rings (SSSR count). The lowest BCUT2D eigenvalue weighted by Crippen LogP contribution is -2.42. The number of likely N-dealkylation sites (tertiary alicyclic amines) is 1. The lowest BCUT2D eigenvalue weighted by Gasteiger charge is -2.32. The number of terminal acetylenes is 1. The molecule has 6 heteroatoms. The SMILES string of the molecule is C#CC.CN=C(CN1CCC(CCOC2=CC(OC)=CC=CC2)CC1)C(=O)NC. The molecule has 0 aromatic carbocycles. The van der Waals surface area contributed by atoms with Gasteiger partial charge < -0.3 is 14.8 Å². The largest absolute Gasteiger partial charge is 0.497 e. The highest BCUT2D eigenvalue weighted by Gasteiger charge is 2.22. The number of amides is 1. The van der Waals surface area contributed by atoms with Gasteiger partial charge in [-0.05, 0) is 51.3 Å². The number of nitrogens with one attached hydrogen (secondary N) is 1. The summed E-state index contributed by atoms with van der Waals surface area (Å²) in [5.74, 6) is 4.62. The zero-order valence-electron chi connectivity index (χ0n) is 18.2. The van der Waals surface area contributed by atoms with Gasteiger partial charge in [0.1, 0.15) is 17.2 Å². The van der Waals surface area contributed by atoms with Gasteiger partial charge in [-0.3, -0.25) is 14.7 Å². The molecule has 0 unspecified atom stereocenters. The molecule has 0 bridgehead atoms. The second-order valence-corrected chi connectivity index (χ2v) is 6.91. The minimum atomic E-state index is -0.0850. The number of ether oxygens (including phenoxy) is 2. The monoisotopic (exact) mass is 401 g/mol. The third-order valence-electron chi connectivity index (χ3n) is 4.91. The summed E-state index contributed by atoms with van der Waals surface area (Å²) in [6.07, 6.45) is 16.7. The molecule has 0 radical (unpaired) electrons. The Morgan fingerprint density at radius 2 is 2.10 bits per heavy atom. The highest BCUT2D eigenvalue weighted by molar-refractivity contribution is 6.39. The molecular formula is C23H35N3O3. The maximum atomic E-state index is 11.7. The van der Waals surface area contributed by atoms with Gasteiger partial charge in [-0.25, -0.2) is 0 Å². The number of carbonyl (C=O) groups is 1. The van der Waals surface area contributed by atoms with E-state index in [0.29, 0.717) is 18.2 Å². The van der Waals surface area contributed by atoms with Crippen molar-refractivity contribution >= 4 is 11.6 Å². The fraction of sp³-hybridized carbons (Fsp3) is 0.565. The van der Waals surface area contributed by atoms with Crippen LogP contribution in [0.2, 0.25) is 0 Å². The number of methoxy groups -OCH3 is 1. The Balaban J connectivity index is 0.00000132. The van der Waals surface area contributed by atoms with Crippen LogP contribution in [0.3, 0.4) is 0 Å². The Morgan fingerprint density at radius 3 is 2.69 bits per heavy atom. The van der Waals surface area contributed by atoms with Gasteiger partial charge in [-0.1, -0.05) is 12.2 Å². The lowest BCUT2D eigenvalue weighted by atomic mass is 9.94. The average molecular weight is 402 g/mol. The topological polar surface area (TPSA) is 63.2 Å². The van der Waals surface area contributed by atoms with Crippen molar-refractivity contribution in [2.45, 2.75) is 32.6 Å². The minimum Gasteiger partial charge on any atom is -0.497 e. The number of hydrogen-bond acceptors (Lipinski definition) is 5. The maximum Gasteiger partial charge on any atom is 0.266 e. The summed E-state index contributed by atoms with van der Waals surface area (Å²) >= 11 is 0. The molecule has 0 atom stereocenters. The number of hydrogen-bond donors (Lipinski definition) is 1. The van der Waals surface area contributed by atoms with E-state index in [1.54, 1.807) is 28.1 Å². The molecule has 0 aromatic heterocycles. The van der Waals surface area contributed by atoms with Crippen molar-refractivity contribution in [1.82, 2.24) is 10.2 Å². The van der Waals surface area contributed by atoms with Crippen molar-refractivity contribution in [2.24, 2.45) is 10.9 Å². The third kappa shape index (κ3) is 9.49. The Morgan fingerprint density at radius 1 is 1.41 bits per heavy atom. The Kier molecular flexibility index (Phi) is 12.2. The van der Waals surface area contributed by atoms with Crippen molar-refractivity contribution in [3.05, 3.63) is 35.8 Å². The van der Waals surface area contributed by atoms with E-state index in [1.807, 2.05) is 18.2 Å². The van der Waals surface area contributed by atoms with E-state index in [1.165, 1.54) is 0 Å². The number of piperidine rings is 1. The second-order valence-electron chi connectivity index (χ2n) is 6.91. The number of allylic oxidation sites excluding steroid dienone is 4. The van der Waals surface area contributed by atoms with E-state index in [-0.39, 0.29) is 5.91 Å². The van der Waals surface area contributed by atoms with Gasteiger partial charge in [-0.15, -0.1) is 12.3 Å². The van der Waals surface area contributed by atoms with Gasteiger partial charge in [-0.2, -0.15) is 0 Å². The molecule has 1 fully saturated rings. The average Bonchev–Trinajstić information content (AvgIpc) is 2.98. The summed E-state index contributed by atoms with van der Waals surface area (Å²) in [4.78, 5) is 18.2. The number of aliphatic imine (C=N–C) groups is 1. The Hall–Kier alpha value is -2.52. The molecule has 1 amide bonds. The highest BCUT2D eigenvalue weighted by Crippen LogP contribution is 2.22. The molecule has 0 saturated carbocycles. The molecule has 29 heavy (non-hydrogen) atoms. The fourth-order valence-corrected chi connectivity index (χ4v) is 3.23. The summed E-state index contributed by atoms with van der Waals surface area (Å²) in [7, 11) is 4.99. The fourth-order valence-electron chi connectivity index (χ4n) is 3.23. The van der Waals surface area contributed by atoms with Gasteiger partial charge in [0.25, 0.3) is 5.91 Å². The third-order valence-corrected chi connectivity index (χ3v) is 4.91. The molecule has 0 aromatic rings. The van der Waals surface area contributed by atoms with Crippen LogP contribution in [-0.2, 0) is 14.3 Å². The first-order chi connectivity index (χ1) is 14.1. The first-order valence-electron chi connectivity index (χ1n) is 10.1. The van der Waals surface area contributed by atoms with E-state index >= 15 is 0 Å². The smallest absolute Gasteiger partial charge is 0.266 e. The zero-order chi connectivity index (χ0) is 21.5. The van der Waals surface area contributed by atoms with Crippen molar-refractivity contribution < 1.29 is 14.3 Å². The van der Waals surface area contributed by atoms with Crippen LogP contribution >= 0.6 is 0 Å². The Bertz CT molecular complexity index is 663. The molecule has 160 valence electrons. The van der Waals surface area contributed by atoms with E-state index in [4.69, 9.17) is 9.47 Å². The van der Waals surface area contributed by atoms with Crippen LogP contribution < -0.4 is 5.32 Å². The summed E-state index contributed by atoms with van der Waals surface area (Å²) in [5.41, 5.74) is 0.602. The van der Waals surface area contributed by atoms with E-state index in [2.05, 4.69) is 33.6 Å². The molecule has 2 aliphatic rings. The zero-order valence-corrected chi connectivity index (χ0v) is 18.2. The normalized spacial score (nSPS) is 17.7. The van der Waals surface area contributed by atoms with E-state index in [9.17, 15) is 4.79 Å². The van der Waals surface area contributed by atoms with E-state index in [0.717, 1.165) is 56.9 Å². The van der Waals surface area contributed by atoms with Crippen LogP contribution in [-0.4, -0.2) is 64.0 Å². The van der Waals surface area contributed by atoms with E-state index < -0.39 is 0 Å². The van der Waals surface area contributed by atoms with Crippen LogP contribution in [0.1, 0.15) is 32.6 Å². The summed E-state index contributed by atoms with van der Waals surface area (Å²) < 4.78 is 11.2. The van der Waals surface area contributed by atoms with Crippen LogP contribution in [0.5, 0.6) is 0 Å². The molecule has 1 heterocycles. The van der Waals surface area contributed by atoms with Gasteiger partial charge >= 0.3 is 0 Å². The van der Waals surface area contributed by atoms with Crippen LogP contribution in [0.15, 0.2) is 40.8 Å². The first kappa shape index (κ1) is 24.5. The molecule has 1 aliphatic carbocycles. The van der Waals surface area contributed by atoms with Crippen molar-refractivity contribution in [1.29, 1.82) is 0 Å². The summed E-state index contributed by atoms with van der Waals surface area (Å²) in [5, 5.41) is 2.65. The van der Waals surface area contributed by atoms with Crippen LogP contribution in [0, 0.1) is 18.3 Å². The van der Waals surface area contributed by atoms with Crippen molar-refractivity contribution in [3.8, 4) is 12.3 Å². The number of carbonyl (C=O) groups excluding carboxylic acids is 1. The first-order valence-corrected chi connectivity index (χ1v) is 10.1. The standard InChI is InChI=1S/C20H31N3O3.C3H4/c1-21-19(20(24)22-2)15-23-11-8-16(9-12-23)10-13-26-18-7-5-4-6-17(14-18)25-3;1-3-2/h4-6,14,16H,7-13,15H2,1-3H3,(H,22,24);1H,2H3. The minimum absolute atomic E-state index is 0.0850. The summed E-state index contributed by atoms with van der Waals surface area (Å²) in [6.45, 7) is 5.03. The molecule has 0 spiro atoms. The molecule has 6 nitrogen and oxygen atoms in total. The number of rotatable bonds is 8. The van der Waals surface area contributed by atoms with Gasteiger partial charge in [0.15, 0.2) is 0 Å². The van der Waals surface area contributed by atoms with Crippen molar-refractivity contribution in [3.63, 3.8) is 0 Å². The lowest BCUT2D eigenvalue weighted by molar-refractivity contribution is -0.114. The van der Waals surface area contributed by atoms with Crippen LogP contribution in [0.25, 0.3) is 0 Å². The molecule has 1 saturated heterocycles.